The van der Waals surface area contributed by atoms with Crippen molar-refractivity contribution in [2.45, 2.75) is 56.8 Å². The summed E-state index contributed by atoms with van der Waals surface area (Å²) in [4.78, 5) is 43.1. The number of rotatable bonds is 8. The van der Waals surface area contributed by atoms with E-state index in [0.717, 1.165) is 30.4 Å². The van der Waals surface area contributed by atoms with E-state index in [-0.39, 0.29) is 18.5 Å². The van der Waals surface area contributed by atoms with Gasteiger partial charge in [0.2, 0.25) is 5.91 Å². The number of ether oxygens (including phenoxy) is 1. The van der Waals surface area contributed by atoms with Crippen LogP contribution in [0.4, 0.5) is 4.79 Å². The minimum Gasteiger partial charge on any atom is -0.459 e. The number of esters is 1. The van der Waals surface area contributed by atoms with Crippen molar-refractivity contribution in [3.63, 3.8) is 0 Å². The van der Waals surface area contributed by atoms with Gasteiger partial charge in [0, 0.05) is 32.1 Å². The van der Waals surface area contributed by atoms with Gasteiger partial charge >= 0.3 is 12.0 Å². The number of amides is 3. The number of hydrogen-bond acceptors (Lipinski definition) is 5. The van der Waals surface area contributed by atoms with Crippen LogP contribution >= 0.6 is 0 Å². The number of carbonyl (C=O) groups is 3. The Morgan fingerprint density at radius 2 is 1.56 bits per heavy atom. The summed E-state index contributed by atoms with van der Waals surface area (Å²) in [5, 5.41) is 6.25. The third kappa shape index (κ3) is 6.63. The lowest BCUT2D eigenvalue weighted by Crippen LogP contribution is -2.56. The third-order valence-corrected chi connectivity index (χ3v) is 7.10. The van der Waals surface area contributed by atoms with Gasteiger partial charge in [-0.2, -0.15) is 0 Å². The first-order valence-electron chi connectivity index (χ1n) is 12.8. The number of nitrogens with one attached hydrogen (secondary N) is 2. The van der Waals surface area contributed by atoms with E-state index in [2.05, 4.69) is 10.6 Å². The van der Waals surface area contributed by atoms with E-state index in [4.69, 9.17) is 4.74 Å². The smallest absolute Gasteiger partial charge is 0.329 e. The van der Waals surface area contributed by atoms with E-state index in [9.17, 15) is 14.4 Å². The minimum absolute atomic E-state index is 0.172. The molecule has 8 nitrogen and oxygen atoms in total. The van der Waals surface area contributed by atoms with Crippen molar-refractivity contribution in [2.24, 2.45) is 0 Å². The van der Waals surface area contributed by atoms with Crippen molar-refractivity contribution in [1.29, 1.82) is 0 Å². The number of nitrogens with zero attached hydrogens (tertiary/aromatic N) is 2. The van der Waals surface area contributed by atoms with Crippen molar-refractivity contribution < 1.29 is 19.1 Å². The molecule has 2 atom stereocenters. The molecule has 8 heteroatoms. The van der Waals surface area contributed by atoms with Crippen LogP contribution in [-0.2, 0) is 27.4 Å². The van der Waals surface area contributed by atoms with Crippen molar-refractivity contribution in [1.82, 2.24) is 20.4 Å². The molecule has 2 aromatic carbocycles. The molecule has 2 aliphatic heterocycles. The highest BCUT2D eigenvalue weighted by Crippen LogP contribution is 2.22. The van der Waals surface area contributed by atoms with Crippen LogP contribution in [0.1, 0.15) is 36.8 Å². The zero-order valence-corrected chi connectivity index (χ0v) is 20.9. The summed E-state index contributed by atoms with van der Waals surface area (Å²) in [5.74, 6) is -0.639. The van der Waals surface area contributed by atoms with E-state index in [1.807, 2.05) is 67.7 Å². The second kappa shape index (κ2) is 12.5. The largest absolute Gasteiger partial charge is 0.459 e. The van der Waals surface area contributed by atoms with E-state index in [0.29, 0.717) is 38.5 Å². The number of urea groups is 1. The van der Waals surface area contributed by atoms with Crippen molar-refractivity contribution >= 4 is 17.9 Å². The van der Waals surface area contributed by atoms with Crippen LogP contribution in [0.3, 0.4) is 0 Å². The lowest BCUT2D eigenvalue weighted by molar-refractivity contribution is -0.155. The molecule has 0 radical (unpaired) electrons. The molecule has 2 saturated heterocycles. The van der Waals surface area contributed by atoms with Gasteiger partial charge < -0.3 is 25.2 Å². The number of benzene rings is 2. The summed E-state index contributed by atoms with van der Waals surface area (Å²) in [6.07, 6.45) is 3.40. The molecule has 2 N–H and O–H groups in total. The second-order valence-corrected chi connectivity index (χ2v) is 9.52. The van der Waals surface area contributed by atoms with Gasteiger partial charge in [0.1, 0.15) is 18.7 Å². The molecule has 36 heavy (non-hydrogen) atoms. The van der Waals surface area contributed by atoms with E-state index in [1.165, 1.54) is 0 Å². The normalized spacial score (nSPS) is 19.1. The SMILES string of the molecule is CNC1CCN(C(=O)N[C@@H](Cc2ccccc2)C(=O)N2CCC[C@H]2C(=O)OCc2ccccc2)CC1. The average Bonchev–Trinajstić information content (AvgIpc) is 3.42. The molecule has 192 valence electrons. The fourth-order valence-corrected chi connectivity index (χ4v) is 4.96. The molecule has 2 fully saturated rings. The number of piperidine rings is 1. The first-order valence-corrected chi connectivity index (χ1v) is 12.8. The summed E-state index contributed by atoms with van der Waals surface area (Å²) < 4.78 is 5.55. The van der Waals surface area contributed by atoms with Gasteiger partial charge in [-0.05, 0) is 43.9 Å². The number of carbonyl (C=O) groups excluding carboxylic acids is 3. The van der Waals surface area contributed by atoms with E-state index < -0.39 is 18.1 Å². The zero-order valence-electron chi connectivity index (χ0n) is 20.9. The predicted molar refractivity (Wildman–Crippen MR) is 137 cm³/mol. The summed E-state index contributed by atoms with van der Waals surface area (Å²) in [6, 6.07) is 17.9. The monoisotopic (exact) mass is 492 g/mol. The van der Waals surface area contributed by atoms with Crippen molar-refractivity contribution in [2.75, 3.05) is 26.7 Å². The second-order valence-electron chi connectivity index (χ2n) is 9.52. The van der Waals surface area contributed by atoms with Crippen LogP contribution in [0.2, 0.25) is 0 Å². The Balaban J connectivity index is 1.43. The van der Waals surface area contributed by atoms with E-state index in [1.54, 1.807) is 9.80 Å². The first-order chi connectivity index (χ1) is 17.5. The molecule has 0 unspecified atom stereocenters. The lowest BCUT2D eigenvalue weighted by atomic mass is 10.0. The molecule has 0 bridgehead atoms. The Labute approximate surface area is 213 Å². The summed E-state index contributed by atoms with van der Waals surface area (Å²) in [6.45, 7) is 1.92. The molecule has 2 heterocycles. The zero-order chi connectivity index (χ0) is 25.3. The Kier molecular flexibility index (Phi) is 8.95. The Morgan fingerprint density at radius 1 is 0.917 bits per heavy atom. The quantitative estimate of drug-likeness (QED) is 0.553. The maximum absolute atomic E-state index is 13.7. The molecule has 2 aliphatic rings. The van der Waals surface area contributed by atoms with E-state index >= 15 is 0 Å². The van der Waals surface area contributed by atoms with Crippen LogP contribution in [0.25, 0.3) is 0 Å². The molecule has 2 aromatic rings. The Morgan fingerprint density at radius 3 is 2.19 bits per heavy atom. The standard InChI is InChI=1S/C28H36N4O4/c1-29-23-14-17-31(18-15-23)28(35)30-24(19-21-9-4-2-5-10-21)26(33)32-16-8-13-25(32)27(34)36-20-22-11-6-3-7-12-22/h2-7,9-12,23-25,29H,8,13-20H2,1H3,(H,30,35)/t24-,25-/m0/s1. The highest BCUT2D eigenvalue weighted by atomic mass is 16.5. The molecule has 0 saturated carbocycles. The van der Waals surface area contributed by atoms with Gasteiger partial charge in [0.25, 0.3) is 0 Å². The summed E-state index contributed by atoms with van der Waals surface area (Å²) >= 11 is 0. The van der Waals surface area contributed by atoms with Gasteiger partial charge in [-0.15, -0.1) is 0 Å². The van der Waals surface area contributed by atoms with Crippen LogP contribution in [0.15, 0.2) is 60.7 Å². The maximum Gasteiger partial charge on any atom is 0.329 e. The first kappa shape index (κ1) is 25.7. The van der Waals surface area contributed by atoms with Gasteiger partial charge in [-0.1, -0.05) is 60.7 Å². The fraction of sp³-hybridized carbons (Fsp3) is 0.464. The summed E-state index contributed by atoms with van der Waals surface area (Å²) in [7, 11) is 1.94. The fourth-order valence-electron chi connectivity index (χ4n) is 4.96. The topological polar surface area (TPSA) is 91.0 Å². The average molecular weight is 493 g/mol. The third-order valence-electron chi connectivity index (χ3n) is 7.10. The van der Waals surface area contributed by atoms with Crippen LogP contribution in [-0.4, -0.2) is 72.5 Å². The van der Waals surface area contributed by atoms with Gasteiger partial charge in [0.05, 0.1) is 0 Å². The van der Waals surface area contributed by atoms with Crippen LogP contribution in [0.5, 0.6) is 0 Å². The van der Waals surface area contributed by atoms with Gasteiger partial charge in [-0.25, -0.2) is 9.59 Å². The summed E-state index contributed by atoms with van der Waals surface area (Å²) in [5.41, 5.74) is 1.85. The van der Waals surface area contributed by atoms with Gasteiger partial charge in [0.15, 0.2) is 0 Å². The Bertz CT molecular complexity index is 1010. The predicted octanol–water partition coefficient (Wildman–Crippen LogP) is 2.73. The number of likely N-dealkylation sites (tertiary alicyclic amines) is 2. The molecule has 3 amide bonds. The molecule has 0 aromatic heterocycles. The minimum atomic E-state index is -0.760. The van der Waals surface area contributed by atoms with Crippen molar-refractivity contribution in [3.05, 3.63) is 71.8 Å². The lowest BCUT2D eigenvalue weighted by Gasteiger charge is -2.34. The van der Waals surface area contributed by atoms with Crippen LogP contribution < -0.4 is 10.6 Å². The highest BCUT2D eigenvalue weighted by molar-refractivity contribution is 5.91. The van der Waals surface area contributed by atoms with Gasteiger partial charge in [-0.3, -0.25) is 4.79 Å². The molecular formula is C28H36N4O4. The molecular weight excluding hydrogens is 456 g/mol. The molecule has 0 aliphatic carbocycles. The van der Waals surface area contributed by atoms with Crippen molar-refractivity contribution in [3.8, 4) is 0 Å². The molecule has 0 spiro atoms. The molecule has 4 rings (SSSR count). The Hall–Kier alpha value is -3.39. The number of hydrogen-bond donors (Lipinski definition) is 2. The highest BCUT2D eigenvalue weighted by Gasteiger charge is 2.39. The maximum atomic E-state index is 13.7. The van der Waals surface area contributed by atoms with Crippen LogP contribution in [0, 0.1) is 0 Å².